The van der Waals surface area contributed by atoms with Gasteiger partial charge in [0.25, 0.3) is 0 Å². The Labute approximate surface area is 150 Å². The molecule has 1 heterocycles. The first-order valence-corrected chi connectivity index (χ1v) is 9.32. The molecule has 3 heteroatoms. The molecule has 0 aliphatic carbocycles. The van der Waals surface area contributed by atoms with Crippen LogP contribution in [0, 0.1) is 12.7 Å². The van der Waals surface area contributed by atoms with Gasteiger partial charge in [0.1, 0.15) is 17.2 Å². The Kier molecular flexibility index (Phi) is 4.10. The first-order valence-electron chi connectivity index (χ1n) is 8.09. The number of aryl methyl sites for hydroxylation is 1. The van der Waals surface area contributed by atoms with Crippen LogP contribution in [-0.4, -0.2) is 6.26 Å². The lowest BCUT2D eigenvalue weighted by atomic mass is 10.0. The van der Waals surface area contributed by atoms with Crippen LogP contribution in [0.3, 0.4) is 0 Å². The Hall–Kier alpha value is -2.52. The summed E-state index contributed by atoms with van der Waals surface area (Å²) in [5, 5.41) is 1.09. The van der Waals surface area contributed by atoms with E-state index in [1.807, 2.05) is 12.1 Å². The second-order valence-electron chi connectivity index (χ2n) is 6.05. The summed E-state index contributed by atoms with van der Waals surface area (Å²) in [5.41, 5.74) is 5.22. The highest BCUT2D eigenvalue weighted by molar-refractivity contribution is 7.99. The van der Waals surface area contributed by atoms with Crippen LogP contribution in [0.2, 0.25) is 0 Å². The zero-order valence-electron chi connectivity index (χ0n) is 14.0. The van der Waals surface area contributed by atoms with Crippen molar-refractivity contribution in [3.05, 3.63) is 78.1 Å². The molecule has 0 amide bonds. The van der Waals surface area contributed by atoms with Gasteiger partial charge in [-0.25, -0.2) is 4.39 Å². The van der Waals surface area contributed by atoms with Gasteiger partial charge in [0.15, 0.2) is 0 Å². The molecule has 0 N–H and O–H groups in total. The maximum atomic E-state index is 13.2. The van der Waals surface area contributed by atoms with Gasteiger partial charge in [-0.3, -0.25) is 0 Å². The number of halogens is 1. The van der Waals surface area contributed by atoms with E-state index in [4.69, 9.17) is 4.42 Å². The van der Waals surface area contributed by atoms with Gasteiger partial charge in [0, 0.05) is 10.9 Å². The average molecular weight is 348 g/mol. The van der Waals surface area contributed by atoms with Gasteiger partial charge >= 0.3 is 0 Å². The van der Waals surface area contributed by atoms with E-state index in [9.17, 15) is 4.39 Å². The lowest BCUT2D eigenvalue weighted by Crippen LogP contribution is -1.80. The zero-order chi connectivity index (χ0) is 17.4. The fourth-order valence-corrected chi connectivity index (χ4v) is 3.72. The molecule has 124 valence electrons. The maximum Gasteiger partial charge on any atom is 0.148 e. The highest BCUT2D eigenvalue weighted by atomic mass is 32.2. The van der Waals surface area contributed by atoms with Crippen LogP contribution in [0.25, 0.3) is 33.4 Å². The van der Waals surface area contributed by atoms with Crippen molar-refractivity contribution >= 4 is 22.7 Å². The summed E-state index contributed by atoms with van der Waals surface area (Å²) in [4.78, 5) is 1.13. The van der Waals surface area contributed by atoms with Crippen molar-refractivity contribution in [2.45, 2.75) is 11.8 Å². The van der Waals surface area contributed by atoms with Gasteiger partial charge in [-0.1, -0.05) is 48.0 Å². The monoisotopic (exact) mass is 348 g/mol. The summed E-state index contributed by atoms with van der Waals surface area (Å²) in [6.45, 7) is 2.08. The minimum Gasteiger partial charge on any atom is -0.455 e. The Morgan fingerprint density at radius 1 is 0.800 bits per heavy atom. The van der Waals surface area contributed by atoms with Crippen LogP contribution in [0.4, 0.5) is 4.39 Å². The lowest BCUT2D eigenvalue weighted by molar-refractivity contribution is 0.625. The molecule has 1 aromatic heterocycles. The summed E-state index contributed by atoms with van der Waals surface area (Å²) in [7, 11) is 0. The Bertz CT molecular complexity index is 1030. The fourth-order valence-electron chi connectivity index (χ4n) is 2.99. The van der Waals surface area contributed by atoms with Gasteiger partial charge < -0.3 is 4.42 Å². The molecule has 0 spiro atoms. The van der Waals surface area contributed by atoms with Crippen molar-refractivity contribution in [3.63, 3.8) is 0 Å². The van der Waals surface area contributed by atoms with Gasteiger partial charge in [-0.15, -0.1) is 11.8 Å². The highest BCUT2D eigenvalue weighted by Gasteiger charge is 2.16. The summed E-state index contributed by atoms with van der Waals surface area (Å²) >= 11 is 1.68. The third kappa shape index (κ3) is 2.96. The van der Waals surface area contributed by atoms with Crippen molar-refractivity contribution in [2.24, 2.45) is 0 Å². The fraction of sp³-hybridized carbons (Fsp3) is 0.0909. The van der Waals surface area contributed by atoms with Crippen molar-refractivity contribution < 1.29 is 8.81 Å². The SMILES string of the molecule is CSc1c(-c2ccc(C)cc2)oc2ccc(-c3ccc(F)cc3)cc12. The van der Waals surface area contributed by atoms with Crippen LogP contribution in [0.1, 0.15) is 5.56 Å². The number of fused-ring (bicyclic) bond motifs is 1. The zero-order valence-corrected chi connectivity index (χ0v) is 14.9. The summed E-state index contributed by atoms with van der Waals surface area (Å²) in [6, 6.07) is 21.1. The van der Waals surface area contributed by atoms with E-state index in [1.54, 1.807) is 23.9 Å². The maximum absolute atomic E-state index is 13.2. The average Bonchev–Trinajstić information content (AvgIpc) is 3.00. The third-order valence-corrected chi connectivity index (χ3v) is 5.15. The second kappa shape index (κ2) is 6.41. The Morgan fingerprint density at radius 3 is 2.12 bits per heavy atom. The molecule has 0 aliphatic heterocycles. The van der Waals surface area contributed by atoms with Crippen LogP contribution in [0.5, 0.6) is 0 Å². The number of thioether (sulfide) groups is 1. The quantitative estimate of drug-likeness (QED) is 0.372. The van der Waals surface area contributed by atoms with E-state index in [0.717, 1.165) is 38.3 Å². The Morgan fingerprint density at radius 2 is 1.44 bits per heavy atom. The molecule has 4 aromatic rings. The first kappa shape index (κ1) is 16.0. The van der Waals surface area contributed by atoms with E-state index >= 15 is 0 Å². The van der Waals surface area contributed by atoms with Crippen LogP contribution >= 0.6 is 11.8 Å². The normalized spacial score (nSPS) is 11.2. The van der Waals surface area contributed by atoms with Gasteiger partial charge in [0.2, 0.25) is 0 Å². The summed E-state index contributed by atoms with van der Waals surface area (Å²) in [6.07, 6.45) is 2.06. The van der Waals surface area contributed by atoms with Crippen molar-refractivity contribution in [1.82, 2.24) is 0 Å². The molecule has 25 heavy (non-hydrogen) atoms. The predicted molar refractivity (Wildman–Crippen MR) is 104 cm³/mol. The molecular weight excluding hydrogens is 331 g/mol. The van der Waals surface area contributed by atoms with Crippen LogP contribution in [-0.2, 0) is 0 Å². The van der Waals surface area contributed by atoms with E-state index in [-0.39, 0.29) is 5.82 Å². The Balaban J connectivity index is 1.87. The summed E-state index contributed by atoms with van der Waals surface area (Å²) in [5.74, 6) is 0.679. The molecule has 4 rings (SSSR count). The topological polar surface area (TPSA) is 13.1 Å². The number of furan rings is 1. The smallest absolute Gasteiger partial charge is 0.148 e. The van der Waals surface area contributed by atoms with Crippen LogP contribution in [0.15, 0.2) is 76.0 Å². The summed E-state index contributed by atoms with van der Waals surface area (Å²) < 4.78 is 19.3. The highest BCUT2D eigenvalue weighted by Crippen LogP contribution is 2.40. The molecular formula is C22H17FOS. The van der Waals surface area contributed by atoms with Crippen molar-refractivity contribution in [2.75, 3.05) is 6.26 Å². The van der Waals surface area contributed by atoms with Gasteiger partial charge in [-0.05, 0) is 48.6 Å². The van der Waals surface area contributed by atoms with Crippen LogP contribution < -0.4 is 0 Å². The minimum atomic E-state index is -0.223. The van der Waals surface area contributed by atoms with Gasteiger partial charge in [-0.2, -0.15) is 0 Å². The molecule has 3 aromatic carbocycles. The molecule has 0 unspecified atom stereocenters. The van der Waals surface area contributed by atoms with Crippen molar-refractivity contribution in [1.29, 1.82) is 0 Å². The second-order valence-corrected chi connectivity index (χ2v) is 6.86. The van der Waals surface area contributed by atoms with E-state index in [2.05, 4.69) is 43.5 Å². The van der Waals surface area contributed by atoms with Crippen molar-refractivity contribution in [3.8, 4) is 22.5 Å². The third-order valence-electron chi connectivity index (χ3n) is 4.34. The molecule has 0 saturated carbocycles. The van der Waals surface area contributed by atoms with Gasteiger partial charge in [0.05, 0.1) is 4.90 Å². The number of benzene rings is 3. The standard InChI is InChI=1S/C22H17FOS/c1-14-3-5-16(6-4-14)21-22(25-2)19-13-17(9-12-20(19)24-21)15-7-10-18(23)11-8-15/h3-13H,1-2H3. The first-order chi connectivity index (χ1) is 12.2. The molecule has 1 nitrogen and oxygen atoms in total. The molecule has 0 saturated heterocycles. The molecule has 0 bridgehead atoms. The number of hydrogen-bond donors (Lipinski definition) is 0. The molecule has 0 fully saturated rings. The molecule has 0 aliphatic rings. The predicted octanol–water partition coefficient (Wildman–Crippen LogP) is 6.94. The molecule has 0 atom stereocenters. The minimum absolute atomic E-state index is 0.223. The largest absolute Gasteiger partial charge is 0.455 e. The number of hydrogen-bond acceptors (Lipinski definition) is 2. The lowest BCUT2D eigenvalue weighted by Gasteiger charge is -2.03. The number of rotatable bonds is 3. The van der Waals surface area contributed by atoms with E-state index in [1.165, 1.54) is 17.7 Å². The van der Waals surface area contributed by atoms with E-state index < -0.39 is 0 Å². The van der Waals surface area contributed by atoms with E-state index in [0.29, 0.717) is 0 Å². The molecule has 0 radical (unpaired) electrons.